The quantitative estimate of drug-likeness (QED) is 0.786. The topological polar surface area (TPSA) is 49.6 Å². The molecule has 3 heteroatoms. The fourth-order valence-electron chi connectivity index (χ4n) is 1.81. The number of benzene rings is 1. The van der Waals surface area contributed by atoms with E-state index in [1.54, 1.807) is 6.20 Å². The minimum atomic E-state index is 0.249. The molecule has 0 saturated heterocycles. The van der Waals surface area contributed by atoms with E-state index in [0.29, 0.717) is 5.82 Å². The molecule has 0 N–H and O–H groups in total. The number of aryl methyl sites for hydroxylation is 2. The number of hydrogen-bond acceptors (Lipinski definition) is 3. The molecule has 3 nitrogen and oxygen atoms in total. The zero-order valence-corrected chi connectivity index (χ0v) is 9.94. The Labute approximate surface area is 101 Å². The van der Waals surface area contributed by atoms with Crippen molar-refractivity contribution in [3.63, 3.8) is 0 Å². The zero-order valence-electron chi connectivity index (χ0n) is 9.94. The van der Waals surface area contributed by atoms with Crippen molar-refractivity contribution >= 4 is 0 Å². The van der Waals surface area contributed by atoms with Gasteiger partial charge in [-0.15, -0.1) is 0 Å². The van der Waals surface area contributed by atoms with E-state index in [0.717, 1.165) is 11.3 Å². The third-order valence-electron chi connectivity index (χ3n) is 2.60. The average molecular weight is 223 g/mol. The molecule has 0 unspecified atom stereocenters. The number of rotatable bonds is 2. The van der Waals surface area contributed by atoms with Crippen LogP contribution >= 0.6 is 0 Å². The highest BCUT2D eigenvalue weighted by Gasteiger charge is 2.05. The van der Waals surface area contributed by atoms with Crippen LogP contribution < -0.4 is 0 Å². The molecule has 0 amide bonds. The highest BCUT2D eigenvalue weighted by Crippen LogP contribution is 2.22. The van der Waals surface area contributed by atoms with Crippen molar-refractivity contribution in [2.75, 3.05) is 0 Å². The fourth-order valence-corrected chi connectivity index (χ4v) is 1.81. The first kappa shape index (κ1) is 11.3. The van der Waals surface area contributed by atoms with E-state index in [-0.39, 0.29) is 6.42 Å². The van der Waals surface area contributed by atoms with Gasteiger partial charge in [0.25, 0.3) is 0 Å². The third kappa shape index (κ3) is 2.48. The van der Waals surface area contributed by atoms with E-state index in [4.69, 9.17) is 5.26 Å². The largest absolute Gasteiger partial charge is 0.240 e. The maximum atomic E-state index is 8.64. The van der Waals surface area contributed by atoms with Crippen LogP contribution in [0.15, 0.2) is 30.5 Å². The van der Waals surface area contributed by atoms with Gasteiger partial charge >= 0.3 is 0 Å². The van der Waals surface area contributed by atoms with Crippen molar-refractivity contribution in [2.45, 2.75) is 20.3 Å². The summed E-state index contributed by atoms with van der Waals surface area (Å²) in [5, 5.41) is 8.64. The molecule has 0 spiro atoms. The van der Waals surface area contributed by atoms with Crippen molar-refractivity contribution in [1.29, 1.82) is 5.26 Å². The summed E-state index contributed by atoms with van der Waals surface area (Å²) in [7, 11) is 0. The van der Waals surface area contributed by atoms with Crippen LogP contribution in [0.4, 0.5) is 0 Å². The maximum Gasteiger partial charge on any atom is 0.142 e. The van der Waals surface area contributed by atoms with Gasteiger partial charge in [0.15, 0.2) is 0 Å². The molecular formula is C14H13N3. The maximum absolute atomic E-state index is 8.64. The molecule has 17 heavy (non-hydrogen) atoms. The molecule has 0 aliphatic heterocycles. The van der Waals surface area contributed by atoms with Crippen molar-refractivity contribution in [2.24, 2.45) is 0 Å². The Morgan fingerprint density at radius 3 is 2.76 bits per heavy atom. The Hall–Kier alpha value is -2.21. The SMILES string of the molecule is Cc1ccc(-c2ccnc(CC#N)n2)c(C)c1. The fraction of sp³-hybridized carbons (Fsp3) is 0.214. The molecule has 0 fully saturated rings. The van der Waals surface area contributed by atoms with Crippen LogP contribution in [0.25, 0.3) is 11.3 Å². The number of aromatic nitrogens is 2. The van der Waals surface area contributed by atoms with Gasteiger partial charge in [0.05, 0.1) is 18.2 Å². The molecule has 0 radical (unpaired) electrons. The second-order valence-electron chi connectivity index (χ2n) is 4.01. The average Bonchev–Trinajstić information content (AvgIpc) is 2.29. The van der Waals surface area contributed by atoms with Crippen molar-refractivity contribution < 1.29 is 0 Å². The Kier molecular flexibility index (Phi) is 3.15. The van der Waals surface area contributed by atoms with E-state index in [1.165, 1.54) is 11.1 Å². The molecular weight excluding hydrogens is 210 g/mol. The minimum Gasteiger partial charge on any atom is -0.240 e. The molecule has 0 atom stereocenters. The second kappa shape index (κ2) is 4.75. The van der Waals surface area contributed by atoms with Gasteiger partial charge in [0.1, 0.15) is 5.82 Å². The van der Waals surface area contributed by atoms with E-state index >= 15 is 0 Å². The van der Waals surface area contributed by atoms with E-state index < -0.39 is 0 Å². The summed E-state index contributed by atoms with van der Waals surface area (Å²) in [4.78, 5) is 8.46. The van der Waals surface area contributed by atoms with Crippen molar-refractivity contribution in [3.05, 3.63) is 47.4 Å². The molecule has 1 aromatic carbocycles. The molecule has 0 aliphatic carbocycles. The van der Waals surface area contributed by atoms with Crippen LogP contribution in [0.5, 0.6) is 0 Å². The van der Waals surface area contributed by atoms with Crippen LogP contribution in [0.3, 0.4) is 0 Å². The smallest absolute Gasteiger partial charge is 0.142 e. The molecule has 0 aliphatic rings. The summed E-state index contributed by atoms with van der Waals surface area (Å²) in [6.07, 6.45) is 1.95. The summed E-state index contributed by atoms with van der Waals surface area (Å²) in [5.74, 6) is 0.574. The number of hydrogen-bond donors (Lipinski definition) is 0. The third-order valence-corrected chi connectivity index (χ3v) is 2.60. The van der Waals surface area contributed by atoms with Crippen LogP contribution in [-0.4, -0.2) is 9.97 Å². The normalized spacial score (nSPS) is 9.94. The van der Waals surface area contributed by atoms with Crippen LogP contribution in [0, 0.1) is 25.2 Å². The summed E-state index contributed by atoms with van der Waals surface area (Å²) in [6.45, 7) is 4.13. The highest BCUT2D eigenvalue weighted by atomic mass is 14.9. The van der Waals surface area contributed by atoms with Gasteiger partial charge in [-0.3, -0.25) is 0 Å². The van der Waals surface area contributed by atoms with Crippen molar-refractivity contribution in [1.82, 2.24) is 9.97 Å². The van der Waals surface area contributed by atoms with Crippen LogP contribution in [0.1, 0.15) is 17.0 Å². The van der Waals surface area contributed by atoms with Gasteiger partial charge in [-0.05, 0) is 25.5 Å². The van der Waals surface area contributed by atoms with E-state index in [1.807, 2.05) is 6.07 Å². The second-order valence-corrected chi connectivity index (χ2v) is 4.01. The van der Waals surface area contributed by atoms with Gasteiger partial charge in [-0.1, -0.05) is 23.8 Å². The lowest BCUT2D eigenvalue weighted by Gasteiger charge is -2.06. The van der Waals surface area contributed by atoms with Gasteiger partial charge in [0, 0.05) is 11.8 Å². The summed E-state index contributed by atoms with van der Waals surface area (Å²) >= 11 is 0. The molecule has 2 rings (SSSR count). The number of nitriles is 1. The van der Waals surface area contributed by atoms with Gasteiger partial charge in [0.2, 0.25) is 0 Å². The first-order valence-electron chi connectivity index (χ1n) is 5.47. The lowest BCUT2D eigenvalue weighted by atomic mass is 10.0. The number of nitrogens with zero attached hydrogens (tertiary/aromatic N) is 3. The summed E-state index contributed by atoms with van der Waals surface area (Å²) in [5.41, 5.74) is 4.39. The first-order chi connectivity index (χ1) is 8.20. The van der Waals surface area contributed by atoms with Crippen molar-refractivity contribution in [3.8, 4) is 17.3 Å². The van der Waals surface area contributed by atoms with E-state index in [9.17, 15) is 0 Å². The molecule has 1 heterocycles. The zero-order chi connectivity index (χ0) is 12.3. The lowest BCUT2D eigenvalue weighted by molar-refractivity contribution is 0.998. The Balaban J connectivity index is 2.46. The monoisotopic (exact) mass is 223 g/mol. The minimum absolute atomic E-state index is 0.249. The van der Waals surface area contributed by atoms with E-state index in [2.05, 4.69) is 48.1 Å². The Bertz CT molecular complexity index is 582. The predicted octanol–water partition coefficient (Wildman–Crippen LogP) is 2.83. The van der Waals surface area contributed by atoms with Gasteiger partial charge in [-0.25, -0.2) is 9.97 Å². The highest BCUT2D eigenvalue weighted by molar-refractivity contribution is 5.63. The van der Waals surface area contributed by atoms with Crippen LogP contribution in [-0.2, 0) is 6.42 Å². The Morgan fingerprint density at radius 1 is 1.24 bits per heavy atom. The standard InChI is InChI=1S/C14H13N3/c1-10-3-4-12(11(2)9-10)13-6-8-16-14(17-13)5-7-15/h3-4,6,8-9H,5H2,1-2H3. The molecule has 2 aromatic rings. The molecule has 0 bridgehead atoms. The van der Waals surface area contributed by atoms with Crippen LogP contribution in [0.2, 0.25) is 0 Å². The Morgan fingerprint density at radius 2 is 2.06 bits per heavy atom. The van der Waals surface area contributed by atoms with Gasteiger partial charge < -0.3 is 0 Å². The molecule has 84 valence electrons. The summed E-state index contributed by atoms with van der Waals surface area (Å²) in [6, 6.07) is 10.2. The predicted molar refractivity (Wildman–Crippen MR) is 66.3 cm³/mol. The first-order valence-corrected chi connectivity index (χ1v) is 5.47. The molecule has 0 saturated carbocycles. The summed E-state index contributed by atoms with van der Waals surface area (Å²) < 4.78 is 0. The lowest BCUT2D eigenvalue weighted by Crippen LogP contribution is -1.96. The van der Waals surface area contributed by atoms with Gasteiger partial charge in [-0.2, -0.15) is 5.26 Å². The molecule has 1 aromatic heterocycles.